The Hall–Kier alpha value is -2.42. The van der Waals surface area contributed by atoms with Gasteiger partial charge in [0.2, 0.25) is 0 Å². The highest BCUT2D eigenvalue weighted by Gasteiger charge is 2.18. The fourth-order valence-electron chi connectivity index (χ4n) is 1.61. The summed E-state index contributed by atoms with van der Waals surface area (Å²) < 4.78 is 22.8. The molecule has 1 aromatic carbocycles. The number of anilines is 1. The van der Waals surface area contributed by atoms with E-state index in [0.717, 1.165) is 18.0 Å². The number of hydrogen-bond donors (Lipinski definition) is 2. The summed E-state index contributed by atoms with van der Waals surface area (Å²) in [6, 6.07) is 3.76. The number of aromatic nitrogens is 2. The summed E-state index contributed by atoms with van der Waals surface area (Å²) in [7, 11) is -3.48. The Balaban J connectivity index is 2.31. The molecule has 2 aromatic rings. The third kappa shape index (κ3) is 3.12. The van der Waals surface area contributed by atoms with Gasteiger partial charge in [-0.2, -0.15) is 0 Å². The maximum absolute atomic E-state index is 11.4. The molecule has 0 saturated carbocycles. The first-order valence-corrected chi connectivity index (χ1v) is 7.46. The van der Waals surface area contributed by atoms with E-state index in [2.05, 4.69) is 15.3 Å². The molecule has 0 radical (unpaired) electrons. The molecule has 9 heteroatoms. The molecule has 0 aliphatic heterocycles. The van der Waals surface area contributed by atoms with Gasteiger partial charge in [-0.25, -0.2) is 13.4 Å². The third-order valence-electron chi connectivity index (χ3n) is 2.62. The lowest BCUT2D eigenvalue weighted by Crippen LogP contribution is -2.05. The van der Waals surface area contributed by atoms with Crippen LogP contribution in [0.2, 0.25) is 0 Å². The largest absolute Gasteiger partial charge is 0.374 e. The zero-order valence-electron chi connectivity index (χ0n) is 10.5. The Kier molecular flexibility index (Phi) is 3.70. The minimum absolute atomic E-state index is 0.0868. The molecule has 0 bridgehead atoms. The van der Waals surface area contributed by atoms with E-state index in [1.54, 1.807) is 6.20 Å². The van der Waals surface area contributed by atoms with E-state index in [4.69, 9.17) is 0 Å². The molecule has 1 heterocycles. The van der Waals surface area contributed by atoms with Crippen LogP contribution in [0.4, 0.5) is 11.4 Å². The van der Waals surface area contributed by atoms with Crippen LogP contribution in [0, 0.1) is 10.1 Å². The summed E-state index contributed by atoms with van der Waals surface area (Å²) in [4.78, 5) is 17.0. The van der Waals surface area contributed by atoms with Crippen molar-refractivity contribution < 1.29 is 13.3 Å². The lowest BCUT2D eigenvalue weighted by atomic mass is 10.2. The van der Waals surface area contributed by atoms with Crippen molar-refractivity contribution in [2.45, 2.75) is 11.4 Å². The van der Waals surface area contributed by atoms with E-state index in [1.807, 2.05) is 0 Å². The van der Waals surface area contributed by atoms with E-state index in [-0.39, 0.29) is 16.3 Å². The molecule has 1 aromatic heterocycles. The molecule has 2 rings (SSSR count). The monoisotopic (exact) mass is 296 g/mol. The van der Waals surface area contributed by atoms with Crippen molar-refractivity contribution in [1.29, 1.82) is 0 Å². The average Bonchev–Trinajstić information content (AvgIpc) is 2.88. The van der Waals surface area contributed by atoms with Crippen LogP contribution >= 0.6 is 0 Å². The molecule has 2 N–H and O–H groups in total. The molecule has 106 valence electrons. The first-order valence-electron chi connectivity index (χ1n) is 5.57. The van der Waals surface area contributed by atoms with Gasteiger partial charge in [0.05, 0.1) is 28.4 Å². The Labute approximate surface area is 114 Å². The van der Waals surface area contributed by atoms with Crippen LogP contribution in [-0.2, 0) is 16.4 Å². The molecular weight excluding hydrogens is 284 g/mol. The quantitative estimate of drug-likeness (QED) is 0.634. The van der Waals surface area contributed by atoms with Crippen molar-refractivity contribution in [2.75, 3.05) is 11.6 Å². The zero-order valence-corrected chi connectivity index (χ0v) is 11.3. The van der Waals surface area contributed by atoms with Crippen LogP contribution in [0.1, 0.15) is 5.69 Å². The molecule has 0 fully saturated rings. The summed E-state index contributed by atoms with van der Waals surface area (Å²) in [5.41, 5.74) is 0.718. The van der Waals surface area contributed by atoms with Crippen molar-refractivity contribution in [1.82, 2.24) is 9.97 Å². The second-order valence-electron chi connectivity index (χ2n) is 4.14. The topological polar surface area (TPSA) is 118 Å². The van der Waals surface area contributed by atoms with E-state index in [9.17, 15) is 18.5 Å². The summed E-state index contributed by atoms with van der Waals surface area (Å²) in [5.74, 6) is 0. The van der Waals surface area contributed by atoms with Gasteiger partial charge in [0, 0.05) is 18.5 Å². The number of imidazole rings is 1. The molecule has 0 unspecified atom stereocenters. The second-order valence-corrected chi connectivity index (χ2v) is 6.15. The van der Waals surface area contributed by atoms with Gasteiger partial charge in [0.25, 0.3) is 5.69 Å². The molecule has 20 heavy (non-hydrogen) atoms. The molecule has 0 saturated heterocycles. The number of sulfone groups is 1. The lowest BCUT2D eigenvalue weighted by Gasteiger charge is -2.07. The number of nitrogens with zero attached hydrogens (tertiary/aromatic N) is 2. The third-order valence-corrected chi connectivity index (χ3v) is 3.73. The van der Waals surface area contributed by atoms with Gasteiger partial charge < -0.3 is 10.3 Å². The molecule has 0 atom stereocenters. The highest BCUT2D eigenvalue weighted by atomic mass is 32.2. The van der Waals surface area contributed by atoms with E-state index < -0.39 is 14.8 Å². The van der Waals surface area contributed by atoms with Crippen LogP contribution in [0.5, 0.6) is 0 Å². The van der Waals surface area contributed by atoms with Crippen LogP contribution in [-0.4, -0.2) is 29.6 Å². The summed E-state index contributed by atoms with van der Waals surface area (Å²) in [5, 5.41) is 13.9. The number of nitrogens with one attached hydrogen (secondary N) is 2. The van der Waals surface area contributed by atoms with E-state index in [0.29, 0.717) is 6.54 Å². The Morgan fingerprint density at radius 1 is 1.45 bits per heavy atom. The molecule has 0 spiro atoms. The summed E-state index contributed by atoms with van der Waals surface area (Å²) in [6.07, 6.45) is 4.09. The van der Waals surface area contributed by atoms with Gasteiger partial charge in [-0.05, 0) is 12.1 Å². The predicted octanol–water partition coefficient (Wildman–Crippen LogP) is 1.33. The molecule has 8 nitrogen and oxygen atoms in total. The van der Waals surface area contributed by atoms with Crippen LogP contribution < -0.4 is 5.32 Å². The zero-order chi connectivity index (χ0) is 14.8. The van der Waals surface area contributed by atoms with Gasteiger partial charge in [-0.1, -0.05) is 0 Å². The fraction of sp³-hybridized carbons (Fsp3) is 0.182. The summed E-state index contributed by atoms with van der Waals surface area (Å²) in [6.45, 7) is 0.319. The minimum Gasteiger partial charge on any atom is -0.374 e. The SMILES string of the molecule is CS(=O)(=O)c1ccc(NCc2cnc[nH]2)c([N+](=O)[O-])c1. The summed E-state index contributed by atoms with van der Waals surface area (Å²) >= 11 is 0. The molecule has 0 aliphatic rings. The highest BCUT2D eigenvalue weighted by molar-refractivity contribution is 7.90. The Bertz CT molecular complexity index is 725. The van der Waals surface area contributed by atoms with Crippen LogP contribution in [0.3, 0.4) is 0 Å². The lowest BCUT2D eigenvalue weighted by molar-refractivity contribution is -0.384. The standard InChI is InChI=1S/C11H12N4O4S/c1-20(18,19)9-2-3-10(11(4-9)15(16)17)13-6-8-5-12-7-14-8/h2-5,7,13H,6H2,1H3,(H,12,14). The van der Waals surface area contributed by atoms with Crippen LogP contribution in [0.15, 0.2) is 35.6 Å². The Morgan fingerprint density at radius 2 is 2.20 bits per heavy atom. The van der Waals surface area contributed by atoms with Gasteiger partial charge in [-0.15, -0.1) is 0 Å². The average molecular weight is 296 g/mol. The second kappa shape index (κ2) is 5.29. The highest BCUT2D eigenvalue weighted by Crippen LogP contribution is 2.27. The number of aromatic amines is 1. The van der Waals surface area contributed by atoms with Crippen molar-refractivity contribution >= 4 is 21.2 Å². The smallest absolute Gasteiger partial charge is 0.293 e. The van der Waals surface area contributed by atoms with E-state index in [1.165, 1.54) is 18.5 Å². The number of hydrogen-bond acceptors (Lipinski definition) is 6. The molecular formula is C11H12N4O4S. The predicted molar refractivity (Wildman–Crippen MR) is 72.1 cm³/mol. The van der Waals surface area contributed by atoms with Gasteiger partial charge in [0.15, 0.2) is 9.84 Å². The maximum atomic E-state index is 11.4. The minimum atomic E-state index is -3.48. The number of H-pyrrole nitrogens is 1. The van der Waals surface area contributed by atoms with Crippen molar-refractivity contribution in [3.05, 3.63) is 46.5 Å². The van der Waals surface area contributed by atoms with Crippen molar-refractivity contribution in [2.24, 2.45) is 0 Å². The van der Waals surface area contributed by atoms with Crippen LogP contribution in [0.25, 0.3) is 0 Å². The first kappa shape index (κ1) is 14.0. The van der Waals surface area contributed by atoms with Gasteiger partial charge in [0.1, 0.15) is 5.69 Å². The molecule has 0 aliphatic carbocycles. The molecule has 0 amide bonds. The Morgan fingerprint density at radius 3 is 2.75 bits per heavy atom. The van der Waals surface area contributed by atoms with Gasteiger partial charge in [-0.3, -0.25) is 10.1 Å². The first-order chi connectivity index (χ1) is 9.38. The number of nitro benzene ring substituents is 1. The number of rotatable bonds is 5. The number of nitro groups is 1. The van der Waals surface area contributed by atoms with Crippen molar-refractivity contribution in [3.63, 3.8) is 0 Å². The van der Waals surface area contributed by atoms with Gasteiger partial charge >= 0.3 is 0 Å². The normalized spacial score (nSPS) is 11.2. The number of benzene rings is 1. The van der Waals surface area contributed by atoms with Crippen molar-refractivity contribution in [3.8, 4) is 0 Å². The fourth-order valence-corrected chi connectivity index (χ4v) is 2.26. The van der Waals surface area contributed by atoms with E-state index >= 15 is 0 Å². The maximum Gasteiger partial charge on any atom is 0.293 e.